The third kappa shape index (κ3) is 2.88. The number of benzene rings is 4. The topological polar surface area (TPSA) is 3.88 Å². The first-order valence-corrected chi connectivity index (χ1v) is 9.33. The lowest BCUT2D eigenvalue weighted by molar-refractivity contribution is -0.676. The first-order valence-electron chi connectivity index (χ1n) is 9.33. The molecule has 0 fully saturated rings. The molecule has 0 saturated carbocycles. The SMILES string of the molecule is c1ccc(C[n+]2ccc3ccccc3c2-c2cccc3ccccc23)cc1. The van der Waals surface area contributed by atoms with E-state index < -0.39 is 0 Å². The fourth-order valence-corrected chi connectivity index (χ4v) is 3.90. The van der Waals surface area contributed by atoms with Gasteiger partial charge in [0.2, 0.25) is 5.69 Å². The Bertz CT molecular complexity index is 1230. The predicted molar refractivity (Wildman–Crippen MR) is 113 cm³/mol. The fourth-order valence-electron chi connectivity index (χ4n) is 3.90. The Labute approximate surface area is 159 Å². The second-order valence-electron chi connectivity index (χ2n) is 6.89. The van der Waals surface area contributed by atoms with E-state index in [1.807, 2.05) is 0 Å². The minimum Gasteiger partial charge on any atom is -0.193 e. The standard InChI is InChI=1S/C26H20N/c1-2-9-20(10-3-1)19-27-18-17-22-12-5-7-15-24(22)26(27)25-16-8-13-21-11-4-6-14-23(21)25/h1-18H,19H2/q+1. The predicted octanol–water partition coefficient (Wildman–Crippen LogP) is 6.00. The van der Waals surface area contributed by atoms with Crippen LogP contribution >= 0.6 is 0 Å². The molecular formula is C26H20N+. The van der Waals surface area contributed by atoms with Gasteiger partial charge in [-0.2, -0.15) is 4.57 Å². The maximum Gasteiger partial charge on any atom is 0.221 e. The summed E-state index contributed by atoms with van der Waals surface area (Å²) in [4.78, 5) is 0. The highest BCUT2D eigenvalue weighted by Crippen LogP contribution is 2.31. The van der Waals surface area contributed by atoms with E-state index in [-0.39, 0.29) is 0 Å². The summed E-state index contributed by atoms with van der Waals surface area (Å²) in [5.74, 6) is 0. The Morgan fingerprint density at radius 1 is 0.519 bits per heavy atom. The van der Waals surface area contributed by atoms with Crippen molar-refractivity contribution in [3.8, 4) is 11.3 Å². The quantitative estimate of drug-likeness (QED) is 0.353. The van der Waals surface area contributed by atoms with Crippen LogP contribution in [0.25, 0.3) is 32.8 Å². The lowest BCUT2D eigenvalue weighted by Crippen LogP contribution is -2.36. The van der Waals surface area contributed by atoms with Gasteiger partial charge in [-0.15, -0.1) is 0 Å². The van der Waals surface area contributed by atoms with Crippen molar-refractivity contribution in [3.05, 3.63) is 115 Å². The molecule has 1 heteroatoms. The van der Waals surface area contributed by atoms with E-state index in [1.54, 1.807) is 0 Å². The van der Waals surface area contributed by atoms with E-state index in [9.17, 15) is 0 Å². The van der Waals surface area contributed by atoms with Crippen molar-refractivity contribution < 1.29 is 4.57 Å². The van der Waals surface area contributed by atoms with Gasteiger partial charge in [0.25, 0.3) is 0 Å². The largest absolute Gasteiger partial charge is 0.221 e. The number of nitrogens with zero attached hydrogens (tertiary/aromatic N) is 1. The number of rotatable bonds is 3. The molecule has 0 bridgehead atoms. The Morgan fingerprint density at radius 2 is 1.15 bits per heavy atom. The molecule has 0 atom stereocenters. The van der Waals surface area contributed by atoms with E-state index in [2.05, 4.69) is 114 Å². The molecule has 128 valence electrons. The zero-order chi connectivity index (χ0) is 18.1. The Hall–Kier alpha value is -3.45. The van der Waals surface area contributed by atoms with Crippen LogP contribution in [0.15, 0.2) is 109 Å². The van der Waals surface area contributed by atoms with Crippen molar-refractivity contribution in [1.82, 2.24) is 0 Å². The molecule has 1 nitrogen and oxygen atoms in total. The van der Waals surface area contributed by atoms with Crippen molar-refractivity contribution >= 4 is 21.5 Å². The van der Waals surface area contributed by atoms with Gasteiger partial charge in [-0.1, -0.05) is 84.9 Å². The average Bonchev–Trinajstić information content (AvgIpc) is 2.74. The molecule has 1 aromatic heterocycles. The van der Waals surface area contributed by atoms with Gasteiger partial charge in [-0.25, -0.2) is 0 Å². The summed E-state index contributed by atoms with van der Waals surface area (Å²) >= 11 is 0. The molecule has 0 aliphatic carbocycles. The molecule has 5 rings (SSSR count). The van der Waals surface area contributed by atoms with Gasteiger partial charge >= 0.3 is 0 Å². The molecule has 27 heavy (non-hydrogen) atoms. The Balaban J connectivity index is 1.82. The molecule has 5 aromatic rings. The third-order valence-corrected chi connectivity index (χ3v) is 5.18. The van der Waals surface area contributed by atoms with E-state index in [0.29, 0.717) is 0 Å². The van der Waals surface area contributed by atoms with Crippen molar-refractivity contribution in [2.24, 2.45) is 0 Å². The molecule has 0 saturated heterocycles. The van der Waals surface area contributed by atoms with Gasteiger partial charge in [0.05, 0.1) is 10.9 Å². The maximum atomic E-state index is 2.37. The van der Waals surface area contributed by atoms with Crippen LogP contribution in [0.2, 0.25) is 0 Å². The van der Waals surface area contributed by atoms with Gasteiger partial charge in [0.15, 0.2) is 12.7 Å². The van der Waals surface area contributed by atoms with Crippen LogP contribution in [0.3, 0.4) is 0 Å². The zero-order valence-electron chi connectivity index (χ0n) is 15.0. The minimum absolute atomic E-state index is 0.851. The maximum absolute atomic E-state index is 2.37. The fraction of sp³-hybridized carbons (Fsp3) is 0.0385. The smallest absolute Gasteiger partial charge is 0.193 e. The highest BCUT2D eigenvalue weighted by Gasteiger charge is 2.19. The van der Waals surface area contributed by atoms with Crippen LogP contribution in [0.4, 0.5) is 0 Å². The van der Waals surface area contributed by atoms with Crippen LogP contribution in [-0.4, -0.2) is 0 Å². The molecule has 0 radical (unpaired) electrons. The minimum atomic E-state index is 0.851. The highest BCUT2D eigenvalue weighted by atomic mass is 15.0. The third-order valence-electron chi connectivity index (χ3n) is 5.18. The summed E-state index contributed by atoms with van der Waals surface area (Å²) in [6.45, 7) is 0.851. The van der Waals surface area contributed by atoms with Crippen LogP contribution in [0, 0.1) is 0 Å². The van der Waals surface area contributed by atoms with Gasteiger partial charge in [-0.05, 0) is 28.3 Å². The van der Waals surface area contributed by atoms with Crippen LogP contribution in [0.5, 0.6) is 0 Å². The normalized spacial score (nSPS) is 11.1. The van der Waals surface area contributed by atoms with Crippen LogP contribution in [-0.2, 0) is 6.54 Å². The summed E-state index contributed by atoms with van der Waals surface area (Å²) in [6, 6.07) is 36.8. The zero-order valence-corrected chi connectivity index (χ0v) is 15.0. The summed E-state index contributed by atoms with van der Waals surface area (Å²) in [7, 11) is 0. The second-order valence-corrected chi connectivity index (χ2v) is 6.89. The molecule has 0 aliphatic heterocycles. The number of pyridine rings is 1. The first-order chi connectivity index (χ1) is 13.4. The highest BCUT2D eigenvalue weighted by molar-refractivity contribution is 6.02. The van der Waals surface area contributed by atoms with Crippen molar-refractivity contribution in [2.45, 2.75) is 6.54 Å². The number of hydrogen-bond acceptors (Lipinski definition) is 0. The molecular weight excluding hydrogens is 326 g/mol. The molecule has 0 unspecified atom stereocenters. The van der Waals surface area contributed by atoms with Crippen LogP contribution < -0.4 is 4.57 Å². The molecule has 0 spiro atoms. The molecule has 0 N–H and O–H groups in total. The monoisotopic (exact) mass is 346 g/mol. The van der Waals surface area contributed by atoms with E-state index in [1.165, 1.54) is 38.4 Å². The summed E-state index contributed by atoms with van der Waals surface area (Å²) in [5, 5.41) is 5.12. The molecule has 0 amide bonds. The number of fused-ring (bicyclic) bond motifs is 2. The van der Waals surface area contributed by atoms with Crippen LogP contribution in [0.1, 0.15) is 5.56 Å². The number of aromatic nitrogens is 1. The van der Waals surface area contributed by atoms with Crippen molar-refractivity contribution in [2.75, 3.05) is 0 Å². The Morgan fingerprint density at radius 3 is 1.96 bits per heavy atom. The van der Waals surface area contributed by atoms with Crippen molar-refractivity contribution in [3.63, 3.8) is 0 Å². The molecule has 0 aliphatic rings. The summed E-state index contributed by atoms with van der Waals surface area (Å²) in [5.41, 5.74) is 3.86. The molecule has 1 heterocycles. The lowest BCUT2D eigenvalue weighted by atomic mass is 9.97. The van der Waals surface area contributed by atoms with Gasteiger partial charge in [0.1, 0.15) is 0 Å². The van der Waals surface area contributed by atoms with Crippen molar-refractivity contribution in [1.29, 1.82) is 0 Å². The number of hydrogen-bond donors (Lipinski definition) is 0. The average molecular weight is 346 g/mol. The van der Waals surface area contributed by atoms with Gasteiger partial charge in [0, 0.05) is 11.6 Å². The van der Waals surface area contributed by atoms with E-state index in [4.69, 9.17) is 0 Å². The second kappa shape index (κ2) is 6.69. The van der Waals surface area contributed by atoms with Gasteiger partial charge < -0.3 is 0 Å². The Kier molecular flexibility index (Phi) is 3.91. The summed E-state index contributed by atoms with van der Waals surface area (Å²) < 4.78 is 2.37. The van der Waals surface area contributed by atoms with E-state index in [0.717, 1.165) is 6.54 Å². The lowest BCUT2D eigenvalue weighted by Gasteiger charge is -2.10. The molecule has 4 aromatic carbocycles. The first kappa shape index (κ1) is 15.8. The van der Waals surface area contributed by atoms with E-state index >= 15 is 0 Å². The summed E-state index contributed by atoms with van der Waals surface area (Å²) in [6.07, 6.45) is 2.21. The van der Waals surface area contributed by atoms with Gasteiger partial charge in [-0.3, -0.25) is 0 Å².